The Kier molecular flexibility index (Phi) is 5.98. The molecule has 0 saturated heterocycles. The minimum Gasteiger partial charge on any atom is -0.262 e. The molecule has 0 N–H and O–H groups in total. The summed E-state index contributed by atoms with van der Waals surface area (Å²) in [5.41, 5.74) is 2.15. The third kappa shape index (κ3) is 4.63. The van der Waals surface area contributed by atoms with Crippen molar-refractivity contribution in [3.8, 4) is 0 Å². The molecule has 0 fully saturated rings. The first-order chi connectivity index (χ1) is 13.8. The van der Waals surface area contributed by atoms with Crippen LogP contribution in [0.2, 0.25) is 0 Å². The lowest BCUT2D eigenvalue weighted by molar-refractivity contribution is -0.385. The summed E-state index contributed by atoms with van der Waals surface area (Å²) in [6.45, 7) is 4.25. The lowest BCUT2D eigenvalue weighted by atomic mass is 10.0. The number of nitro benzene ring substituents is 1. The van der Waals surface area contributed by atoms with Crippen molar-refractivity contribution in [2.45, 2.75) is 31.2 Å². The van der Waals surface area contributed by atoms with E-state index in [4.69, 9.17) is 0 Å². The van der Waals surface area contributed by atoms with E-state index in [9.17, 15) is 18.5 Å². The van der Waals surface area contributed by atoms with Crippen molar-refractivity contribution in [1.82, 2.24) is 0 Å². The second kappa shape index (κ2) is 8.45. The van der Waals surface area contributed by atoms with Crippen molar-refractivity contribution in [2.75, 3.05) is 4.31 Å². The molecular weight excluding hydrogens is 388 g/mol. The monoisotopic (exact) mass is 410 g/mol. The zero-order valence-corrected chi connectivity index (χ0v) is 17.0. The van der Waals surface area contributed by atoms with Gasteiger partial charge >= 0.3 is 0 Å². The predicted octanol–water partition coefficient (Wildman–Crippen LogP) is 5.11. The second-order valence-electron chi connectivity index (χ2n) is 7.00. The van der Waals surface area contributed by atoms with E-state index in [2.05, 4.69) is 13.8 Å². The van der Waals surface area contributed by atoms with Crippen molar-refractivity contribution < 1.29 is 13.3 Å². The molecule has 3 aromatic rings. The van der Waals surface area contributed by atoms with Gasteiger partial charge < -0.3 is 0 Å². The third-order valence-electron chi connectivity index (χ3n) is 4.63. The van der Waals surface area contributed by atoms with E-state index in [1.54, 1.807) is 12.1 Å². The molecule has 0 spiro atoms. The molecule has 0 aliphatic rings. The van der Waals surface area contributed by atoms with Crippen LogP contribution in [0.3, 0.4) is 0 Å². The normalized spacial score (nSPS) is 11.4. The van der Waals surface area contributed by atoms with Gasteiger partial charge in [-0.1, -0.05) is 62.4 Å². The van der Waals surface area contributed by atoms with Crippen LogP contribution in [-0.4, -0.2) is 13.3 Å². The van der Waals surface area contributed by atoms with Gasteiger partial charge in [-0.15, -0.1) is 0 Å². The summed E-state index contributed by atoms with van der Waals surface area (Å²) >= 11 is 0. The second-order valence-corrected chi connectivity index (χ2v) is 8.86. The van der Waals surface area contributed by atoms with Crippen molar-refractivity contribution in [1.29, 1.82) is 0 Å². The molecule has 7 heteroatoms. The highest BCUT2D eigenvalue weighted by Crippen LogP contribution is 2.29. The molecular formula is C22H22N2O4S. The van der Waals surface area contributed by atoms with Crippen LogP contribution in [0, 0.1) is 10.1 Å². The molecule has 0 saturated carbocycles. The van der Waals surface area contributed by atoms with E-state index in [-0.39, 0.29) is 17.1 Å². The average molecular weight is 410 g/mol. The highest BCUT2D eigenvalue weighted by Gasteiger charge is 2.27. The Morgan fingerprint density at radius 3 is 2.17 bits per heavy atom. The van der Waals surface area contributed by atoms with Crippen LogP contribution in [-0.2, 0) is 16.6 Å². The van der Waals surface area contributed by atoms with Crippen molar-refractivity contribution in [3.63, 3.8) is 0 Å². The SMILES string of the molecule is CC(C)c1ccc(N(Cc2ccccc2)S(=O)(=O)c2cccc([N+](=O)[O-])c2)cc1. The number of sulfonamides is 1. The summed E-state index contributed by atoms with van der Waals surface area (Å²) in [5.74, 6) is 0.319. The molecule has 0 radical (unpaired) electrons. The third-order valence-corrected chi connectivity index (χ3v) is 6.40. The van der Waals surface area contributed by atoms with Gasteiger partial charge in [0.05, 0.1) is 22.1 Å². The minimum atomic E-state index is -4.01. The van der Waals surface area contributed by atoms with Gasteiger partial charge in [0.15, 0.2) is 0 Å². The standard InChI is InChI=1S/C22H22N2O4S/c1-17(2)19-11-13-20(14-12-19)23(16-18-7-4-3-5-8-18)29(27,28)22-10-6-9-21(15-22)24(25)26/h3-15,17H,16H2,1-2H3. The van der Waals surface area contributed by atoms with Crippen LogP contribution in [0.15, 0.2) is 83.8 Å². The van der Waals surface area contributed by atoms with Gasteiger partial charge in [0.25, 0.3) is 15.7 Å². The van der Waals surface area contributed by atoms with E-state index < -0.39 is 14.9 Å². The summed E-state index contributed by atoms with van der Waals surface area (Å²) in [6, 6.07) is 21.7. The van der Waals surface area contributed by atoms with Crippen LogP contribution >= 0.6 is 0 Å². The van der Waals surface area contributed by atoms with Crippen LogP contribution in [0.1, 0.15) is 30.9 Å². The molecule has 0 aromatic heterocycles. The topological polar surface area (TPSA) is 80.5 Å². The molecule has 3 aromatic carbocycles. The number of nitrogens with zero attached hydrogens (tertiary/aromatic N) is 2. The van der Waals surface area contributed by atoms with E-state index in [1.807, 2.05) is 42.5 Å². The van der Waals surface area contributed by atoms with Crippen molar-refractivity contribution in [3.05, 3.63) is 100 Å². The molecule has 3 rings (SSSR count). The average Bonchev–Trinajstić information content (AvgIpc) is 2.73. The van der Waals surface area contributed by atoms with E-state index in [1.165, 1.54) is 22.5 Å². The molecule has 29 heavy (non-hydrogen) atoms. The van der Waals surface area contributed by atoms with Crippen LogP contribution < -0.4 is 4.31 Å². The number of rotatable bonds is 7. The highest BCUT2D eigenvalue weighted by molar-refractivity contribution is 7.92. The fraction of sp³-hybridized carbons (Fsp3) is 0.182. The summed E-state index contributed by atoms with van der Waals surface area (Å²) in [6.07, 6.45) is 0. The summed E-state index contributed by atoms with van der Waals surface area (Å²) in [4.78, 5) is 10.4. The van der Waals surface area contributed by atoms with Crippen LogP contribution in [0.4, 0.5) is 11.4 Å². The lowest BCUT2D eigenvalue weighted by Gasteiger charge is -2.25. The molecule has 150 valence electrons. The molecule has 0 unspecified atom stereocenters. The molecule has 0 aliphatic heterocycles. The minimum absolute atomic E-state index is 0.115. The Hall–Kier alpha value is -3.19. The van der Waals surface area contributed by atoms with Crippen molar-refractivity contribution in [2.24, 2.45) is 0 Å². The Morgan fingerprint density at radius 2 is 1.59 bits per heavy atom. The van der Waals surface area contributed by atoms with Gasteiger partial charge in [-0.2, -0.15) is 0 Å². The molecule has 0 bridgehead atoms. The first-order valence-corrected chi connectivity index (χ1v) is 10.6. The maximum atomic E-state index is 13.4. The number of benzene rings is 3. The first-order valence-electron chi connectivity index (χ1n) is 9.20. The Morgan fingerprint density at radius 1 is 0.931 bits per heavy atom. The Labute approximate surface area is 170 Å². The summed E-state index contributed by atoms with van der Waals surface area (Å²) < 4.78 is 28.2. The number of hydrogen-bond donors (Lipinski definition) is 0. The fourth-order valence-corrected chi connectivity index (χ4v) is 4.47. The van der Waals surface area contributed by atoms with Crippen LogP contribution in [0.5, 0.6) is 0 Å². The maximum absolute atomic E-state index is 13.4. The lowest BCUT2D eigenvalue weighted by Crippen LogP contribution is -2.30. The van der Waals surface area contributed by atoms with Gasteiger partial charge in [-0.3, -0.25) is 14.4 Å². The molecule has 0 aliphatic carbocycles. The molecule has 0 heterocycles. The van der Waals surface area contributed by atoms with E-state index in [0.717, 1.165) is 17.2 Å². The van der Waals surface area contributed by atoms with Gasteiger partial charge in [0.2, 0.25) is 0 Å². The molecule has 6 nitrogen and oxygen atoms in total. The van der Waals surface area contributed by atoms with Gasteiger partial charge in [0.1, 0.15) is 0 Å². The highest BCUT2D eigenvalue weighted by atomic mass is 32.2. The fourth-order valence-electron chi connectivity index (χ4n) is 2.97. The van der Waals surface area contributed by atoms with Gasteiger partial charge in [-0.25, -0.2) is 8.42 Å². The van der Waals surface area contributed by atoms with Gasteiger partial charge in [-0.05, 0) is 35.2 Å². The zero-order chi connectivity index (χ0) is 21.0. The van der Waals surface area contributed by atoms with Crippen molar-refractivity contribution >= 4 is 21.4 Å². The number of anilines is 1. The van der Waals surface area contributed by atoms with Gasteiger partial charge in [0, 0.05) is 12.1 Å². The molecule has 0 atom stereocenters. The first kappa shape index (κ1) is 20.5. The quantitative estimate of drug-likeness (QED) is 0.400. The van der Waals surface area contributed by atoms with Crippen LogP contribution in [0.25, 0.3) is 0 Å². The summed E-state index contributed by atoms with van der Waals surface area (Å²) in [5, 5.41) is 11.1. The Bertz CT molecular complexity index is 1100. The van der Waals surface area contributed by atoms with E-state index in [0.29, 0.717) is 11.6 Å². The Balaban J connectivity index is 2.08. The predicted molar refractivity (Wildman–Crippen MR) is 113 cm³/mol. The number of non-ortho nitro benzene ring substituents is 1. The van der Waals surface area contributed by atoms with E-state index >= 15 is 0 Å². The molecule has 0 amide bonds. The zero-order valence-electron chi connectivity index (χ0n) is 16.2. The smallest absolute Gasteiger partial charge is 0.262 e. The number of hydrogen-bond acceptors (Lipinski definition) is 4. The largest absolute Gasteiger partial charge is 0.270 e. The summed E-state index contributed by atoms with van der Waals surface area (Å²) in [7, 11) is -4.01. The number of nitro groups is 1. The maximum Gasteiger partial charge on any atom is 0.270 e.